The summed E-state index contributed by atoms with van der Waals surface area (Å²) in [5.41, 5.74) is 0.945. The van der Waals surface area contributed by atoms with Crippen LogP contribution in [0, 0.1) is 0 Å². The molecule has 1 amide bonds. The SMILES string of the molecule is CCN(CC)S(=O)(=O)c1ccc(N2CCCC2)c(NC(=O)C2(C)Cc3ccccc3C(=O)O2)c1. The lowest BCUT2D eigenvalue weighted by molar-refractivity contribution is -0.134. The number of cyclic esters (lactones) is 1. The Morgan fingerprint density at radius 3 is 2.47 bits per heavy atom. The van der Waals surface area contributed by atoms with E-state index in [2.05, 4.69) is 10.2 Å². The summed E-state index contributed by atoms with van der Waals surface area (Å²) in [6.07, 6.45) is 2.29. The smallest absolute Gasteiger partial charge is 0.339 e. The highest BCUT2D eigenvalue weighted by atomic mass is 32.2. The molecular weight excluding hydrogens is 454 g/mol. The molecule has 1 unspecified atom stereocenters. The van der Waals surface area contributed by atoms with E-state index in [9.17, 15) is 18.0 Å². The fraction of sp³-hybridized carbons (Fsp3) is 0.440. The predicted molar refractivity (Wildman–Crippen MR) is 131 cm³/mol. The third kappa shape index (κ3) is 4.42. The third-order valence-electron chi connectivity index (χ3n) is 6.57. The molecule has 2 aromatic carbocycles. The number of hydrogen-bond donors (Lipinski definition) is 1. The van der Waals surface area contributed by atoms with Gasteiger partial charge in [-0.3, -0.25) is 4.79 Å². The van der Waals surface area contributed by atoms with Gasteiger partial charge in [-0.05, 0) is 49.6 Å². The first-order valence-electron chi connectivity index (χ1n) is 11.7. The first-order chi connectivity index (χ1) is 16.2. The molecule has 0 radical (unpaired) electrons. The molecule has 2 aromatic rings. The highest BCUT2D eigenvalue weighted by Crippen LogP contribution is 2.35. The summed E-state index contributed by atoms with van der Waals surface area (Å²) in [7, 11) is -3.71. The lowest BCUT2D eigenvalue weighted by atomic mass is 9.89. The van der Waals surface area contributed by atoms with Crippen LogP contribution < -0.4 is 10.2 Å². The number of ether oxygens (including phenoxy) is 1. The normalized spacial score (nSPS) is 20.2. The van der Waals surface area contributed by atoms with Gasteiger partial charge in [0.15, 0.2) is 5.60 Å². The van der Waals surface area contributed by atoms with Gasteiger partial charge in [-0.2, -0.15) is 4.31 Å². The summed E-state index contributed by atoms with van der Waals surface area (Å²) in [4.78, 5) is 28.3. The summed E-state index contributed by atoms with van der Waals surface area (Å²) in [6, 6.07) is 11.9. The van der Waals surface area contributed by atoms with Crippen molar-refractivity contribution in [3.63, 3.8) is 0 Å². The van der Waals surface area contributed by atoms with Crippen molar-refractivity contribution < 1.29 is 22.7 Å². The fourth-order valence-corrected chi connectivity index (χ4v) is 6.12. The lowest BCUT2D eigenvalue weighted by Gasteiger charge is -2.33. The van der Waals surface area contributed by atoms with Crippen molar-refractivity contribution in [3.05, 3.63) is 53.6 Å². The van der Waals surface area contributed by atoms with Crippen molar-refractivity contribution in [1.82, 2.24) is 4.31 Å². The van der Waals surface area contributed by atoms with E-state index in [1.165, 1.54) is 10.4 Å². The van der Waals surface area contributed by atoms with Crippen molar-refractivity contribution in [2.24, 2.45) is 0 Å². The molecule has 1 atom stereocenters. The Kier molecular flexibility index (Phi) is 6.69. The van der Waals surface area contributed by atoms with Gasteiger partial charge >= 0.3 is 5.97 Å². The summed E-state index contributed by atoms with van der Waals surface area (Å²) in [5.74, 6) is -1.04. The molecule has 34 heavy (non-hydrogen) atoms. The van der Waals surface area contributed by atoms with Gasteiger partial charge in [-0.15, -0.1) is 0 Å². The van der Waals surface area contributed by atoms with Gasteiger partial charge in [0.05, 0.1) is 21.8 Å². The molecule has 0 spiro atoms. The second-order valence-corrected chi connectivity index (χ2v) is 10.8. The quantitative estimate of drug-likeness (QED) is 0.604. The lowest BCUT2D eigenvalue weighted by Crippen LogP contribution is -2.49. The molecule has 0 bridgehead atoms. The van der Waals surface area contributed by atoms with Crippen LogP contribution in [0.4, 0.5) is 11.4 Å². The van der Waals surface area contributed by atoms with Gasteiger partial charge < -0.3 is 15.0 Å². The van der Waals surface area contributed by atoms with Crippen LogP contribution in [-0.2, 0) is 26.0 Å². The average molecular weight is 486 g/mol. The number of fused-ring (bicyclic) bond motifs is 1. The van der Waals surface area contributed by atoms with Crippen LogP contribution in [0.5, 0.6) is 0 Å². The molecule has 2 aliphatic heterocycles. The van der Waals surface area contributed by atoms with Crippen LogP contribution in [0.25, 0.3) is 0 Å². The van der Waals surface area contributed by atoms with Crippen molar-refractivity contribution in [1.29, 1.82) is 0 Å². The molecule has 0 aliphatic carbocycles. The largest absolute Gasteiger partial charge is 0.445 e. The predicted octanol–water partition coefficient (Wildman–Crippen LogP) is 3.43. The number of hydrogen-bond acceptors (Lipinski definition) is 6. The number of amides is 1. The van der Waals surface area contributed by atoms with Crippen LogP contribution in [-0.4, -0.2) is 56.4 Å². The van der Waals surface area contributed by atoms with Gasteiger partial charge in [-0.1, -0.05) is 32.0 Å². The Morgan fingerprint density at radius 1 is 1.12 bits per heavy atom. The zero-order valence-corrected chi connectivity index (χ0v) is 20.7. The monoisotopic (exact) mass is 485 g/mol. The Balaban J connectivity index is 1.69. The molecule has 1 N–H and O–H groups in total. The first-order valence-corrected chi connectivity index (χ1v) is 13.2. The van der Waals surface area contributed by atoms with Crippen molar-refractivity contribution >= 4 is 33.3 Å². The number of benzene rings is 2. The maximum atomic E-state index is 13.5. The summed E-state index contributed by atoms with van der Waals surface area (Å²) in [6.45, 7) is 7.51. The number of nitrogens with one attached hydrogen (secondary N) is 1. The fourth-order valence-electron chi connectivity index (χ4n) is 4.64. The van der Waals surface area contributed by atoms with Crippen molar-refractivity contribution in [2.75, 3.05) is 36.4 Å². The zero-order valence-electron chi connectivity index (χ0n) is 19.8. The van der Waals surface area contributed by atoms with E-state index in [-0.39, 0.29) is 11.3 Å². The number of carbonyl (C=O) groups is 2. The number of nitrogens with zero attached hydrogens (tertiary/aromatic N) is 2. The maximum absolute atomic E-state index is 13.5. The van der Waals surface area contributed by atoms with Gasteiger partial charge in [-0.25, -0.2) is 13.2 Å². The molecule has 1 saturated heterocycles. The Morgan fingerprint density at radius 2 is 1.79 bits per heavy atom. The minimum atomic E-state index is -3.71. The highest BCUT2D eigenvalue weighted by Gasteiger charge is 2.43. The van der Waals surface area contributed by atoms with Crippen LogP contribution in [0.15, 0.2) is 47.4 Å². The average Bonchev–Trinajstić information content (AvgIpc) is 3.34. The second kappa shape index (κ2) is 9.38. The standard InChI is InChI=1S/C25H31N3O5S/c1-4-28(5-2)34(31,32)19-12-13-22(27-14-8-9-15-27)21(16-19)26-24(30)25(3)17-18-10-6-7-11-20(18)23(29)33-25/h6-7,10-13,16H,4-5,8-9,14-15,17H2,1-3H3,(H,26,30). The van der Waals surface area contributed by atoms with Gasteiger partial charge in [0.2, 0.25) is 10.0 Å². The Hall–Kier alpha value is -2.91. The molecule has 2 aliphatic rings. The van der Waals surface area contributed by atoms with E-state index >= 15 is 0 Å². The maximum Gasteiger partial charge on any atom is 0.339 e. The minimum absolute atomic E-state index is 0.116. The van der Waals surface area contributed by atoms with Crippen molar-refractivity contribution in [2.45, 2.75) is 50.5 Å². The molecule has 9 heteroatoms. The number of esters is 1. The van der Waals surface area contributed by atoms with Crippen molar-refractivity contribution in [3.8, 4) is 0 Å². The number of carbonyl (C=O) groups excluding carboxylic acids is 2. The highest BCUT2D eigenvalue weighted by molar-refractivity contribution is 7.89. The number of anilines is 2. The van der Waals surface area contributed by atoms with Gasteiger partial charge in [0.1, 0.15) is 0 Å². The molecular formula is C25H31N3O5S. The summed E-state index contributed by atoms with van der Waals surface area (Å²) >= 11 is 0. The van der Waals surface area contributed by atoms with Crippen LogP contribution in [0.2, 0.25) is 0 Å². The molecule has 4 rings (SSSR count). The molecule has 0 saturated carbocycles. The van der Waals surface area contributed by atoms with Crippen LogP contribution >= 0.6 is 0 Å². The topological polar surface area (TPSA) is 96.0 Å². The minimum Gasteiger partial charge on any atom is -0.445 e. The third-order valence-corrected chi connectivity index (χ3v) is 8.62. The summed E-state index contributed by atoms with van der Waals surface area (Å²) < 4.78 is 33.2. The van der Waals surface area contributed by atoms with E-state index in [1.54, 1.807) is 45.0 Å². The van der Waals surface area contributed by atoms with Crippen LogP contribution in [0.3, 0.4) is 0 Å². The molecule has 0 aromatic heterocycles. The van der Waals surface area contributed by atoms with Crippen LogP contribution in [0.1, 0.15) is 49.5 Å². The van der Waals surface area contributed by atoms with Gasteiger partial charge in [0.25, 0.3) is 5.91 Å². The first kappa shape index (κ1) is 24.2. The second-order valence-electron chi connectivity index (χ2n) is 8.87. The van der Waals surface area contributed by atoms with E-state index in [1.807, 2.05) is 12.1 Å². The Bertz CT molecular complexity index is 1200. The van der Waals surface area contributed by atoms with E-state index in [4.69, 9.17) is 4.74 Å². The van der Waals surface area contributed by atoms with E-state index in [0.717, 1.165) is 37.2 Å². The summed E-state index contributed by atoms with van der Waals surface area (Å²) in [5, 5.41) is 2.90. The number of rotatable bonds is 7. The van der Waals surface area contributed by atoms with E-state index in [0.29, 0.717) is 24.3 Å². The molecule has 8 nitrogen and oxygen atoms in total. The van der Waals surface area contributed by atoms with E-state index < -0.39 is 27.5 Å². The number of sulfonamides is 1. The zero-order chi connectivity index (χ0) is 24.5. The van der Waals surface area contributed by atoms with Gasteiger partial charge in [0, 0.05) is 32.6 Å². The molecule has 182 valence electrons. The molecule has 2 heterocycles. The Labute approximate surface area is 200 Å². The molecule has 1 fully saturated rings.